The first-order valence-electron chi connectivity index (χ1n) is 6.90. The molecular formula is C15H17N3O2. The molecule has 104 valence electrons. The molecule has 1 unspecified atom stereocenters. The number of rotatable bonds is 3. The topological polar surface area (TPSA) is 66.3 Å². The van der Waals surface area contributed by atoms with E-state index in [1.807, 2.05) is 36.1 Å². The molecule has 0 saturated carbocycles. The first kappa shape index (κ1) is 12.8. The number of anilines is 1. The van der Waals surface area contributed by atoms with Crippen molar-refractivity contribution < 1.29 is 9.90 Å². The van der Waals surface area contributed by atoms with E-state index < -0.39 is 11.5 Å². The normalized spacial score (nSPS) is 22.4. The molecule has 0 spiro atoms. The highest BCUT2D eigenvalue weighted by Crippen LogP contribution is 2.35. The van der Waals surface area contributed by atoms with Crippen LogP contribution in [-0.2, 0) is 4.79 Å². The minimum atomic E-state index is -0.859. The van der Waals surface area contributed by atoms with Gasteiger partial charge in [-0.2, -0.15) is 0 Å². The minimum Gasteiger partial charge on any atom is -0.479 e. The van der Waals surface area contributed by atoms with E-state index in [9.17, 15) is 9.90 Å². The van der Waals surface area contributed by atoms with Gasteiger partial charge in [-0.1, -0.05) is 25.1 Å². The number of aromatic nitrogens is 2. The molecular weight excluding hydrogens is 254 g/mol. The first-order valence-corrected chi connectivity index (χ1v) is 6.90. The zero-order valence-corrected chi connectivity index (χ0v) is 11.4. The lowest BCUT2D eigenvalue weighted by Gasteiger charge is -2.33. The Balaban J connectivity index is 2.07. The maximum absolute atomic E-state index is 11.7. The average Bonchev–Trinajstić information content (AvgIpc) is 2.92. The fraction of sp³-hybridized carbons (Fsp3) is 0.400. The van der Waals surface area contributed by atoms with Gasteiger partial charge < -0.3 is 10.0 Å². The van der Waals surface area contributed by atoms with Crippen molar-refractivity contribution in [1.82, 2.24) is 9.97 Å². The van der Waals surface area contributed by atoms with Crippen molar-refractivity contribution in [1.29, 1.82) is 0 Å². The molecule has 20 heavy (non-hydrogen) atoms. The molecule has 1 N–H and O–H groups in total. The molecule has 1 aromatic carbocycles. The SMILES string of the molecule is CCC1(C(=O)O)CCCN1c1ncc2ccccc2n1. The van der Waals surface area contributed by atoms with E-state index in [-0.39, 0.29) is 0 Å². The summed E-state index contributed by atoms with van der Waals surface area (Å²) in [4.78, 5) is 22.5. The van der Waals surface area contributed by atoms with E-state index in [1.54, 1.807) is 6.20 Å². The van der Waals surface area contributed by atoms with Gasteiger partial charge in [0.15, 0.2) is 0 Å². The summed E-state index contributed by atoms with van der Waals surface area (Å²) in [5.41, 5.74) is -0.0116. The van der Waals surface area contributed by atoms with Crippen molar-refractivity contribution >= 4 is 22.8 Å². The summed E-state index contributed by atoms with van der Waals surface area (Å²) in [6.07, 6.45) is 3.82. The Labute approximate surface area is 117 Å². The van der Waals surface area contributed by atoms with E-state index in [0.29, 0.717) is 25.3 Å². The van der Waals surface area contributed by atoms with Crippen LogP contribution in [0.3, 0.4) is 0 Å². The standard InChI is InChI=1S/C15H17N3O2/c1-2-15(13(19)20)8-5-9-18(15)14-16-10-11-6-3-4-7-12(11)17-14/h3-4,6-7,10H,2,5,8-9H2,1H3,(H,19,20). The largest absolute Gasteiger partial charge is 0.479 e. The molecule has 1 aliphatic rings. The number of nitrogens with zero attached hydrogens (tertiary/aromatic N) is 3. The summed E-state index contributed by atoms with van der Waals surface area (Å²) < 4.78 is 0. The van der Waals surface area contributed by atoms with E-state index >= 15 is 0 Å². The lowest BCUT2D eigenvalue weighted by atomic mass is 9.93. The quantitative estimate of drug-likeness (QED) is 0.928. The number of carboxylic acid groups (broad SMARTS) is 1. The van der Waals surface area contributed by atoms with E-state index in [4.69, 9.17) is 0 Å². The molecule has 5 nitrogen and oxygen atoms in total. The maximum atomic E-state index is 11.7. The van der Waals surface area contributed by atoms with Crippen LogP contribution in [0.4, 0.5) is 5.95 Å². The van der Waals surface area contributed by atoms with Crippen molar-refractivity contribution in [3.63, 3.8) is 0 Å². The van der Waals surface area contributed by atoms with Gasteiger partial charge in [0.1, 0.15) is 5.54 Å². The molecule has 2 aromatic rings. The van der Waals surface area contributed by atoms with Gasteiger partial charge >= 0.3 is 5.97 Å². The van der Waals surface area contributed by atoms with Crippen LogP contribution in [-0.4, -0.2) is 33.1 Å². The van der Waals surface area contributed by atoms with Gasteiger partial charge in [0.2, 0.25) is 5.95 Å². The minimum absolute atomic E-state index is 0.519. The monoisotopic (exact) mass is 271 g/mol. The van der Waals surface area contributed by atoms with Crippen LogP contribution in [0.25, 0.3) is 10.9 Å². The number of benzene rings is 1. The molecule has 1 fully saturated rings. The van der Waals surface area contributed by atoms with Crippen LogP contribution < -0.4 is 4.90 Å². The van der Waals surface area contributed by atoms with Crippen molar-refractivity contribution in [2.45, 2.75) is 31.7 Å². The van der Waals surface area contributed by atoms with Crippen LogP contribution in [0, 0.1) is 0 Å². The number of hydrogen-bond acceptors (Lipinski definition) is 4. The summed E-state index contributed by atoms with van der Waals surface area (Å²) in [6.45, 7) is 2.60. The van der Waals surface area contributed by atoms with Gasteiger partial charge in [-0.3, -0.25) is 0 Å². The highest BCUT2D eigenvalue weighted by atomic mass is 16.4. The van der Waals surface area contributed by atoms with Crippen molar-refractivity contribution in [2.24, 2.45) is 0 Å². The van der Waals surface area contributed by atoms with Crippen molar-refractivity contribution in [2.75, 3.05) is 11.4 Å². The molecule has 1 saturated heterocycles. The number of hydrogen-bond donors (Lipinski definition) is 1. The average molecular weight is 271 g/mol. The highest BCUT2D eigenvalue weighted by Gasteiger charge is 2.47. The van der Waals surface area contributed by atoms with Crippen molar-refractivity contribution in [3.8, 4) is 0 Å². The second-order valence-corrected chi connectivity index (χ2v) is 5.17. The second kappa shape index (κ2) is 4.74. The van der Waals surface area contributed by atoms with E-state index in [1.165, 1.54) is 0 Å². The van der Waals surface area contributed by atoms with E-state index in [0.717, 1.165) is 17.3 Å². The molecule has 1 aliphatic heterocycles. The Kier molecular flexibility index (Phi) is 3.04. The van der Waals surface area contributed by atoms with Gasteiger partial charge in [0.05, 0.1) is 5.52 Å². The van der Waals surface area contributed by atoms with Gasteiger partial charge in [-0.05, 0) is 25.3 Å². The van der Waals surface area contributed by atoms with Crippen LogP contribution in [0.1, 0.15) is 26.2 Å². The Morgan fingerprint density at radius 3 is 3.00 bits per heavy atom. The smallest absolute Gasteiger partial charge is 0.329 e. The molecule has 1 atom stereocenters. The molecule has 2 heterocycles. The Hall–Kier alpha value is -2.17. The predicted octanol–water partition coefficient (Wildman–Crippen LogP) is 2.46. The molecule has 0 radical (unpaired) electrons. The number of fused-ring (bicyclic) bond motifs is 1. The van der Waals surface area contributed by atoms with Gasteiger partial charge in [-0.25, -0.2) is 14.8 Å². The van der Waals surface area contributed by atoms with Gasteiger partial charge in [0.25, 0.3) is 0 Å². The third-order valence-corrected chi connectivity index (χ3v) is 4.19. The number of para-hydroxylation sites is 1. The Bertz CT molecular complexity index is 658. The zero-order chi connectivity index (χ0) is 14.2. The molecule has 0 aliphatic carbocycles. The van der Waals surface area contributed by atoms with Crippen LogP contribution in [0.5, 0.6) is 0 Å². The number of carboxylic acids is 1. The molecule has 3 rings (SSSR count). The zero-order valence-electron chi connectivity index (χ0n) is 11.4. The van der Waals surface area contributed by atoms with Crippen molar-refractivity contribution in [3.05, 3.63) is 30.5 Å². The first-order chi connectivity index (χ1) is 9.67. The summed E-state index contributed by atoms with van der Waals surface area (Å²) in [5.74, 6) is -0.264. The van der Waals surface area contributed by atoms with Gasteiger partial charge in [-0.15, -0.1) is 0 Å². The number of carbonyl (C=O) groups is 1. The predicted molar refractivity (Wildman–Crippen MR) is 76.8 cm³/mol. The highest BCUT2D eigenvalue weighted by molar-refractivity contribution is 5.84. The summed E-state index contributed by atoms with van der Waals surface area (Å²) in [7, 11) is 0. The number of aliphatic carboxylic acids is 1. The summed E-state index contributed by atoms with van der Waals surface area (Å²) in [5, 5.41) is 10.6. The van der Waals surface area contributed by atoms with E-state index in [2.05, 4.69) is 9.97 Å². The lowest BCUT2D eigenvalue weighted by molar-refractivity contribution is -0.143. The molecule has 0 bridgehead atoms. The fourth-order valence-corrected chi connectivity index (χ4v) is 3.00. The second-order valence-electron chi connectivity index (χ2n) is 5.17. The Morgan fingerprint density at radius 1 is 1.45 bits per heavy atom. The van der Waals surface area contributed by atoms with Crippen LogP contribution in [0.2, 0.25) is 0 Å². The lowest BCUT2D eigenvalue weighted by Crippen LogP contribution is -2.51. The Morgan fingerprint density at radius 2 is 2.25 bits per heavy atom. The maximum Gasteiger partial charge on any atom is 0.329 e. The van der Waals surface area contributed by atoms with Crippen LogP contribution >= 0.6 is 0 Å². The van der Waals surface area contributed by atoms with Gasteiger partial charge in [0, 0.05) is 18.1 Å². The third-order valence-electron chi connectivity index (χ3n) is 4.19. The summed E-state index contributed by atoms with van der Waals surface area (Å²) >= 11 is 0. The molecule has 5 heteroatoms. The fourth-order valence-electron chi connectivity index (χ4n) is 3.00. The molecule has 1 aromatic heterocycles. The molecule has 0 amide bonds. The summed E-state index contributed by atoms with van der Waals surface area (Å²) in [6, 6.07) is 7.74. The third kappa shape index (κ3) is 1.81. The van der Waals surface area contributed by atoms with Crippen LogP contribution in [0.15, 0.2) is 30.5 Å².